The highest BCUT2D eigenvalue weighted by Gasteiger charge is 2.05. The van der Waals surface area contributed by atoms with E-state index in [1.807, 2.05) is 62.5 Å². The molecule has 2 N–H and O–H groups in total. The van der Waals surface area contributed by atoms with Crippen LogP contribution in [0.15, 0.2) is 65.7 Å². The maximum atomic E-state index is 6.01. The molecule has 4 heteroatoms. The largest absolute Gasteiger partial charge is 0.489 e. The van der Waals surface area contributed by atoms with Gasteiger partial charge in [-0.05, 0) is 31.2 Å². The minimum absolute atomic E-state index is 0.0111. The van der Waals surface area contributed by atoms with Gasteiger partial charge in [-0.2, -0.15) is 0 Å². The summed E-state index contributed by atoms with van der Waals surface area (Å²) in [6, 6.07) is 19.9. The number of nitrogens with zero attached hydrogens (tertiary/aromatic N) is 2. The van der Waals surface area contributed by atoms with E-state index in [0.717, 1.165) is 11.4 Å². The Bertz CT molecular complexity index is 584. The van der Waals surface area contributed by atoms with Gasteiger partial charge in [-0.15, -0.1) is 0 Å². The van der Waals surface area contributed by atoms with Crippen LogP contribution >= 0.6 is 0 Å². The molecule has 116 valence electrons. The van der Waals surface area contributed by atoms with Crippen LogP contribution in [0.3, 0.4) is 0 Å². The van der Waals surface area contributed by atoms with Crippen molar-refractivity contribution in [2.24, 2.45) is 10.7 Å². The summed E-state index contributed by atoms with van der Waals surface area (Å²) in [6.45, 7) is 3.14. The van der Waals surface area contributed by atoms with Crippen LogP contribution in [0.2, 0.25) is 0 Å². The zero-order valence-electron chi connectivity index (χ0n) is 13.1. The maximum Gasteiger partial charge on any atom is 0.119 e. The zero-order chi connectivity index (χ0) is 15.8. The van der Waals surface area contributed by atoms with Crippen molar-refractivity contribution in [3.8, 4) is 5.75 Å². The monoisotopic (exact) mass is 297 g/mol. The minimum atomic E-state index is -0.0111. The van der Waals surface area contributed by atoms with Crippen molar-refractivity contribution < 1.29 is 4.74 Å². The van der Waals surface area contributed by atoms with E-state index in [4.69, 9.17) is 10.5 Å². The summed E-state index contributed by atoms with van der Waals surface area (Å²) in [5, 5.41) is 0. The number of hydrogen-bond acceptors (Lipinski definition) is 3. The SMILES string of the molecule is CC(CN=C(N)CN(C)c1ccccc1)Oc1ccccc1. The van der Waals surface area contributed by atoms with Crippen LogP contribution in [0.25, 0.3) is 0 Å². The number of rotatable bonds is 7. The van der Waals surface area contributed by atoms with Gasteiger partial charge in [0.25, 0.3) is 0 Å². The van der Waals surface area contributed by atoms with Crippen molar-refractivity contribution in [2.75, 3.05) is 25.0 Å². The van der Waals surface area contributed by atoms with E-state index in [2.05, 4.69) is 22.0 Å². The smallest absolute Gasteiger partial charge is 0.119 e. The Morgan fingerprint density at radius 2 is 1.68 bits per heavy atom. The van der Waals surface area contributed by atoms with Gasteiger partial charge in [0.15, 0.2) is 0 Å². The van der Waals surface area contributed by atoms with E-state index < -0.39 is 0 Å². The van der Waals surface area contributed by atoms with Crippen LogP contribution in [0.1, 0.15) is 6.92 Å². The standard InChI is InChI=1S/C18H23N3O/c1-15(22-17-11-7-4-8-12-17)13-20-18(19)14-21(2)16-9-5-3-6-10-16/h3-12,15H,13-14H2,1-2H3,(H2,19,20). The molecule has 2 rings (SSSR count). The topological polar surface area (TPSA) is 50.8 Å². The van der Waals surface area contributed by atoms with Crippen LogP contribution < -0.4 is 15.4 Å². The summed E-state index contributed by atoms with van der Waals surface area (Å²) >= 11 is 0. The fourth-order valence-corrected chi connectivity index (χ4v) is 2.08. The Labute approximate surface area is 132 Å². The van der Waals surface area contributed by atoms with Crippen LogP contribution in [0.4, 0.5) is 5.69 Å². The van der Waals surface area contributed by atoms with E-state index in [0.29, 0.717) is 18.9 Å². The highest BCUT2D eigenvalue weighted by atomic mass is 16.5. The van der Waals surface area contributed by atoms with E-state index in [1.54, 1.807) is 0 Å². The first kappa shape index (κ1) is 15.9. The number of nitrogens with two attached hydrogens (primary N) is 1. The highest BCUT2D eigenvalue weighted by Crippen LogP contribution is 2.11. The van der Waals surface area contributed by atoms with E-state index in [-0.39, 0.29) is 6.10 Å². The lowest BCUT2D eigenvalue weighted by Crippen LogP contribution is -2.32. The number of likely N-dealkylation sites (N-methyl/N-ethyl adjacent to an activating group) is 1. The molecule has 0 aromatic heterocycles. The van der Waals surface area contributed by atoms with Crippen molar-refractivity contribution in [3.63, 3.8) is 0 Å². The zero-order valence-corrected chi connectivity index (χ0v) is 13.1. The Hall–Kier alpha value is -2.49. The van der Waals surface area contributed by atoms with Gasteiger partial charge in [0.2, 0.25) is 0 Å². The average Bonchev–Trinajstić information content (AvgIpc) is 2.55. The Kier molecular flexibility index (Phi) is 5.83. The predicted octanol–water partition coefficient (Wildman–Crippen LogP) is 2.95. The molecule has 0 saturated heterocycles. The molecule has 0 spiro atoms. The molecule has 2 aromatic carbocycles. The average molecular weight is 297 g/mol. The summed E-state index contributed by atoms with van der Waals surface area (Å²) in [7, 11) is 2.00. The Balaban J connectivity index is 1.82. The molecule has 1 unspecified atom stereocenters. The van der Waals surface area contributed by atoms with E-state index in [1.165, 1.54) is 0 Å². The summed E-state index contributed by atoms with van der Waals surface area (Å²) < 4.78 is 5.78. The molecule has 4 nitrogen and oxygen atoms in total. The Morgan fingerprint density at radius 3 is 2.32 bits per heavy atom. The number of aliphatic imine (C=N–C) groups is 1. The first-order valence-corrected chi connectivity index (χ1v) is 7.42. The Morgan fingerprint density at radius 1 is 1.09 bits per heavy atom. The first-order chi connectivity index (χ1) is 10.6. The molecule has 0 amide bonds. The molecular formula is C18H23N3O. The van der Waals surface area contributed by atoms with Crippen LogP contribution in [-0.4, -0.2) is 32.1 Å². The number of ether oxygens (including phenoxy) is 1. The summed E-state index contributed by atoms with van der Waals surface area (Å²) in [5.74, 6) is 1.46. The lowest BCUT2D eigenvalue weighted by Gasteiger charge is -2.19. The molecule has 0 radical (unpaired) electrons. The molecule has 22 heavy (non-hydrogen) atoms. The lowest BCUT2D eigenvalue weighted by molar-refractivity contribution is 0.230. The number of benzene rings is 2. The second kappa shape index (κ2) is 8.08. The van der Waals surface area contributed by atoms with Gasteiger partial charge in [-0.3, -0.25) is 4.99 Å². The number of amidine groups is 1. The van der Waals surface area contributed by atoms with Gasteiger partial charge in [0, 0.05) is 12.7 Å². The summed E-state index contributed by atoms with van der Waals surface area (Å²) in [5.41, 5.74) is 7.13. The number of hydrogen-bond donors (Lipinski definition) is 1. The van der Waals surface area contributed by atoms with Crippen LogP contribution in [0, 0.1) is 0 Å². The third-order valence-electron chi connectivity index (χ3n) is 3.23. The van der Waals surface area contributed by atoms with Crippen LogP contribution in [-0.2, 0) is 0 Å². The lowest BCUT2D eigenvalue weighted by atomic mass is 10.3. The van der Waals surface area contributed by atoms with Gasteiger partial charge < -0.3 is 15.4 Å². The normalized spacial score (nSPS) is 12.7. The molecule has 0 saturated carbocycles. The quantitative estimate of drug-likeness (QED) is 0.631. The molecule has 2 aromatic rings. The molecule has 0 aliphatic carbocycles. The third-order valence-corrected chi connectivity index (χ3v) is 3.23. The van der Waals surface area contributed by atoms with Gasteiger partial charge in [0.05, 0.1) is 13.1 Å². The van der Waals surface area contributed by atoms with Crippen molar-refractivity contribution in [3.05, 3.63) is 60.7 Å². The second-order valence-electron chi connectivity index (χ2n) is 5.27. The molecular weight excluding hydrogens is 274 g/mol. The second-order valence-corrected chi connectivity index (χ2v) is 5.27. The van der Waals surface area contributed by atoms with Gasteiger partial charge in [0.1, 0.15) is 17.7 Å². The summed E-state index contributed by atoms with van der Waals surface area (Å²) in [6.07, 6.45) is -0.0111. The van der Waals surface area contributed by atoms with E-state index in [9.17, 15) is 0 Å². The fraction of sp³-hybridized carbons (Fsp3) is 0.278. The predicted molar refractivity (Wildman–Crippen MR) is 92.7 cm³/mol. The van der Waals surface area contributed by atoms with Crippen molar-refractivity contribution in [1.82, 2.24) is 0 Å². The van der Waals surface area contributed by atoms with E-state index >= 15 is 0 Å². The number of para-hydroxylation sites is 2. The fourth-order valence-electron chi connectivity index (χ4n) is 2.08. The molecule has 1 atom stereocenters. The molecule has 0 aliphatic rings. The van der Waals surface area contributed by atoms with Gasteiger partial charge in [-0.25, -0.2) is 0 Å². The number of anilines is 1. The third kappa shape index (κ3) is 5.13. The molecule has 0 heterocycles. The minimum Gasteiger partial charge on any atom is -0.489 e. The van der Waals surface area contributed by atoms with Crippen LogP contribution in [0.5, 0.6) is 5.75 Å². The van der Waals surface area contributed by atoms with Gasteiger partial charge in [-0.1, -0.05) is 36.4 Å². The molecule has 0 aliphatic heterocycles. The maximum absolute atomic E-state index is 6.01. The van der Waals surface area contributed by atoms with Crippen molar-refractivity contribution in [2.45, 2.75) is 13.0 Å². The van der Waals surface area contributed by atoms with Gasteiger partial charge >= 0.3 is 0 Å². The highest BCUT2D eigenvalue weighted by molar-refractivity contribution is 5.85. The summed E-state index contributed by atoms with van der Waals surface area (Å²) in [4.78, 5) is 6.48. The molecule has 0 fully saturated rings. The first-order valence-electron chi connectivity index (χ1n) is 7.42. The van der Waals surface area contributed by atoms with Crippen molar-refractivity contribution in [1.29, 1.82) is 0 Å². The van der Waals surface area contributed by atoms with Crippen molar-refractivity contribution >= 4 is 11.5 Å². The molecule has 0 bridgehead atoms.